The molecule has 0 unspecified atom stereocenters. The van der Waals surface area contributed by atoms with Gasteiger partial charge in [-0.2, -0.15) is 0 Å². The first-order chi connectivity index (χ1) is 17.9. The van der Waals surface area contributed by atoms with Crippen molar-refractivity contribution in [2.75, 3.05) is 6.61 Å². The molecule has 9 nitrogen and oxygen atoms in total. The van der Waals surface area contributed by atoms with Gasteiger partial charge in [-0.15, -0.1) is 0 Å². The highest BCUT2D eigenvalue weighted by atomic mass is 16.7. The lowest BCUT2D eigenvalue weighted by Gasteiger charge is -2.65. The maximum Gasteiger partial charge on any atom is 0.331 e. The SMILES string of the molecule is C[C@H]1O[C@@H](O[C@H]2CC[C@]3(C)[C@@H]4CC[C@@]5(C)[C@H](CC[C@H]5C5=CC(=O)OC5)[C@H]4C[C@H](O)[C@@]3(O)C2)[C@H](O)[C@H](O)[C@H]1O. The molecule has 5 N–H and O–H groups in total. The monoisotopic (exact) mass is 536 g/mol. The van der Waals surface area contributed by atoms with Gasteiger partial charge in [0.05, 0.1) is 23.9 Å². The van der Waals surface area contributed by atoms with Crippen LogP contribution in [0.25, 0.3) is 0 Å². The molecule has 0 aromatic rings. The fraction of sp³-hybridized carbons (Fsp3) is 0.897. The lowest BCUT2D eigenvalue weighted by atomic mass is 9.42. The zero-order valence-electron chi connectivity index (χ0n) is 22.7. The van der Waals surface area contributed by atoms with E-state index in [2.05, 4.69) is 13.8 Å². The van der Waals surface area contributed by atoms with E-state index in [4.69, 9.17) is 14.2 Å². The molecule has 0 aromatic heterocycles. The molecule has 0 amide bonds. The molecule has 2 heterocycles. The van der Waals surface area contributed by atoms with Crippen LogP contribution < -0.4 is 0 Å². The van der Waals surface area contributed by atoms with Gasteiger partial charge >= 0.3 is 5.97 Å². The minimum Gasteiger partial charge on any atom is -0.458 e. The molecule has 214 valence electrons. The van der Waals surface area contributed by atoms with Crippen LogP contribution in [0.1, 0.15) is 72.1 Å². The number of carbonyl (C=O) groups excluding carboxylic acids is 1. The highest BCUT2D eigenvalue weighted by molar-refractivity contribution is 5.85. The molecule has 0 bridgehead atoms. The first-order valence-corrected chi connectivity index (χ1v) is 14.5. The Labute approximate surface area is 224 Å². The molecule has 9 heteroatoms. The highest BCUT2D eigenvalue weighted by Crippen LogP contribution is 2.69. The summed E-state index contributed by atoms with van der Waals surface area (Å²) < 4.78 is 17.0. The summed E-state index contributed by atoms with van der Waals surface area (Å²) in [5.74, 6) is 1.09. The number of esters is 1. The summed E-state index contributed by atoms with van der Waals surface area (Å²) in [5.41, 5.74) is -0.631. The Balaban J connectivity index is 1.20. The molecule has 4 aliphatic carbocycles. The summed E-state index contributed by atoms with van der Waals surface area (Å²) in [6.07, 6.45) is 0.718. The molecule has 0 radical (unpaired) electrons. The lowest BCUT2D eigenvalue weighted by molar-refractivity contribution is -0.323. The zero-order chi connectivity index (χ0) is 27.2. The maximum absolute atomic E-state index is 12.1. The minimum absolute atomic E-state index is 0.0589. The van der Waals surface area contributed by atoms with E-state index < -0.39 is 53.9 Å². The summed E-state index contributed by atoms with van der Waals surface area (Å²) in [7, 11) is 0. The second-order valence-corrected chi connectivity index (χ2v) is 13.7. The van der Waals surface area contributed by atoms with Gasteiger partial charge in [-0.25, -0.2) is 4.79 Å². The number of aliphatic hydroxyl groups is 5. The van der Waals surface area contributed by atoms with Gasteiger partial charge < -0.3 is 39.7 Å². The summed E-state index contributed by atoms with van der Waals surface area (Å²) in [6.45, 7) is 6.51. The van der Waals surface area contributed by atoms with Gasteiger partial charge in [0, 0.05) is 17.9 Å². The molecular weight excluding hydrogens is 492 g/mol. The van der Waals surface area contributed by atoms with E-state index in [-0.39, 0.29) is 23.7 Å². The minimum atomic E-state index is -1.40. The van der Waals surface area contributed by atoms with Gasteiger partial charge in [0.2, 0.25) is 0 Å². The second kappa shape index (κ2) is 9.23. The van der Waals surface area contributed by atoms with Crippen LogP contribution in [0.4, 0.5) is 0 Å². The van der Waals surface area contributed by atoms with E-state index in [9.17, 15) is 30.3 Å². The molecule has 14 atom stereocenters. The Morgan fingerprint density at radius 2 is 1.74 bits per heavy atom. The van der Waals surface area contributed by atoms with Crippen molar-refractivity contribution in [3.8, 4) is 0 Å². The van der Waals surface area contributed by atoms with E-state index in [1.165, 1.54) is 0 Å². The zero-order valence-corrected chi connectivity index (χ0v) is 22.7. The second-order valence-electron chi connectivity index (χ2n) is 13.7. The van der Waals surface area contributed by atoms with Crippen LogP contribution >= 0.6 is 0 Å². The van der Waals surface area contributed by atoms with Crippen molar-refractivity contribution >= 4 is 5.97 Å². The largest absolute Gasteiger partial charge is 0.458 e. The molecular formula is C29H44O9. The van der Waals surface area contributed by atoms with Crippen LogP contribution in [-0.4, -0.2) is 86.6 Å². The average Bonchev–Trinajstić information content (AvgIpc) is 3.45. The Hall–Kier alpha value is -1.07. The van der Waals surface area contributed by atoms with Gasteiger partial charge in [0.25, 0.3) is 0 Å². The summed E-state index contributed by atoms with van der Waals surface area (Å²) >= 11 is 0. The smallest absolute Gasteiger partial charge is 0.331 e. The molecule has 0 aromatic carbocycles. The quantitative estimate of drug-likeness (QED) is 0.267. The molecule has 5 fully saturated rings. The van der Waals surface area contributed by atoms with Crippen LogP contribution in [0.2, 0.25) is 0 Å². The number of ether oxygens (including phenoxy) is 3. The van der Waals surface area contributed by atoms with E-state index in [0.29, 0.717) is 43.6 Å². The first-order valence-electron chi connectivity index (χ1n) is 14.5. The average molecular weight is 537 g/mol. The Morgan fingerprint density at radius 1 is 0.974 bits per heavy atom. The molecule has 2 aliphatic heterocycles. The van der Waals surface area contributed by atoms with Gasteiger partial charge in [-0.05, 0) is 86.5 Å². The third kappa shape index (κ3) is 3.80. The van der Waals surface area contributed by atoms with Crippen LogP contribution in [0, 0.1) is 34.5 Å². The van der Waals surface area contributed by atoms with Gasteiger partial charge in [0.15, 0.2) is 6.29 Å². The fourth-order valence-corrected chi connectivity index (χ4v) is 9.87. The molecule has 6 rings (SSSR count). The van der Waals surface area contributed by atoms with Crippen LogP contribution in [0.3, 0.4) is 0 Å². The van der Waals surface area contributed by atoms with Crippen molar-refractivity contribution in [2.24, 2.45) is 34.5 Å². The number of rotatable bonds is 3. The molecule has 0 spiro atoms. The maximum atomic E-state index is 12.1. The standard InChI is InChI=1S/C29H44O9/c1-14-23(32)24(33)25(34)26(37-14)38-16-6-9-28(3)20-7-8-27(2)18(15-10-22(31)36-13-15)4-5-19(27)17(20)11-21(30)29(28,35)12-16/h10,14,16-21,23-26,30,32-35H,4-9,11-13H2,1-3H3/t14-,16+,17-,18+,19-,20-,21+,23+,24-,25-,26+,27-,28-,29+/m1/s1. The van der Waals surface area contributed by atoms with Crippen molar-refractivity contribution in [1.82, 2.24) is 0 Å². The van der Waals surface area contributed by atoms with Crippen LogP contribution in [0.15, 0.2) is 11.6 Å². The van der Waals surface area contributed by atoms with Crippen LogP contribution in [0.5, 0.6) is 0 Å². The number of carbonyl (C=O) groups is 1. The van der Waals surface area contributed by atoms with Crippen molar-refractivity contribution in [3.05, 3.63) is 11.6 Å². The van der Waals surface area contributed by atoms with Gasteiger partial charge in [0.1, 0.15) is 24.9 Å². The first kappa shape index (κ1) is 27.1. The topological polar surface area (TPSA) is 146 Å². The molecule has 4 saturated carbocycles. The van der Waals surface area contributed by atoms with E-state index in [0.717, 1.165) is 31.3 Å². The predicted octanol–water partition coefficient (Wildman–Crippen LogP) is 1.43. The summed E-state index contributed by atoms with van der Waals surface area (Å²) in [6, 6.07) is 0. The third-order valence-electron chi connectivity index (χ3n) is 12.1. The third-order valence-corrected chi connectivity index (χ3v) is 12.1. The summed E-state index contributed by atoms with van der Waals surface area (Å²) in [4.78, 5) is 11.8. The summed E-state index contributed by atoms with van der Waals surface area (Å²) in [5, 5.41) is 54.3. The van der Waals surface area contributed by atoms with Crippen molar-refractivity contribution in [1.29, 1.82) is 0 Å². The highest BCUT2D eigenvalue weighted by Gasteiger charge is 2.68. The van der Waals surface area contributed by atoms with Crippen molar-refractivity contribution in [2.45, 2.75) is 121 Å². The van der Waals surface area contributed by atoms with E-state index >= 15 is 0 Å². The molecule has 38 heavy (non-hydrogen) atoms. The van der Waals surface area contributed by atoms with Gasteiger partial charge in [-0.3, -0.25) is 0 Å². The number of cyclic esters (lactones) is 1. The Bertz CT molecular complexity index is 985. The Morgan fingerprint density at radius 3 is 2.45 bits per heavy atom. The number of aliphatic hydroxyl groups excluding tert-OH is 4. The number of fused-ring (bicyclic) bond motifs is 5. The molecule has 6 aliphatic rings. The van der Waals surface area contributed by atoms with Gasteiger partial charge in [-0.1, -0.05) is 13.8 Å². The van der Waals surface area contributed by atoms with E-state index in [1.54, 1.807) is 13.0 Å². The van der Waals surface area contributed by atoms with Crippen LogP contribution in [-0.2, 0) is 19.0 Å². The fourth-order valence-electron chi connectivity index (χ4n) is 9.87. The normalized spacial score (nSPS) is 56.5. The number of hydrogen-bond acceptors (Lipinski definition) is 9. The number of hydrogen-bond donors (Lipinski definition) is 5. The van der Waals surface area contributed by atoms with E-state index in [1.807, 2.05) is 0 Å². The van der Waals surface area contributed by atoms with Crippen molar-refractivity contribution in [3.63, 3.8) is 0 Å². The van der Waals surface area contributed by atoms with Crippen molar-refractivity contribution < 1.29 is 44.5 Å². The molecule has 1 saturated heterocycles. The predicted molar refractivity (Wildman–Crippen MR) is 134 cm³/mol. The lowest BCUT2D eigenvalue weighted by Crippen LogP contribution is -2.69. The Kier molecular flexibility index (Phi) is 6.58.